The molecule has 0 aromatic heterocycles. The largest absolute Gasteiger partial charge is 0.354 e. The summed E-state index contributed by atoms with van der Waals surface area (Å²) in [7, 11) is -2.58. The number of hydrogen-bond acceptors (Lipinski definition) is 5. The van der Waals surface area contributed by atoms with Gasteiger partial charge in [0, 0.05) is 32.1 Å². The van der Waals surface area contributed by atoms with Gasteiger partial charge in [-0.2, -0.15) is 4.31 Å². The average Bonchev–Trinajstić information content (AvgIpc) is 2.73. The van der Waals surface area contributed by atoms with E-state index in [1.54, 1.807) is 0 Å². The molecule has 0 bridgehead atoms. The molecule has 30 heavy (non-hydrogen) atoms. The van der Waals surface area contributed by atoms with Crippen LogP contribution in [0.5, 0.6) is 0 Å². The van der Waals surface area contributed by atoms with Crippen molar-refractivity contribution in [3.63, 3.8) is 0 Å². The van der Waals surface area contributed by atoms with E-state index in [0.717, 1.165) is 9.87 Å². The van der Waals surface area contributed by atoms with Gasteiger partial charge in [-0.25, -0.2) is 8.42 Å². The van der Waals surface area contributed by atoms with Gasteiger partial charge in [0.1, 0.15) is 0 Å². The van der Waals surface area contributed by atoms with E-state index >= 15 is 0 Å². The van der Waals surface area contributed by atoms with Crippen LogP contribution < -0.4 is 10.6 Å². The van der Waals surface area contributed by atoms with Crippen molar-refractivity contribution < 1.29 is 22.8 Å². The number of hydrogen-bond donors (Lipinski definition) is 2. The average molecular weight is 432 g/mol. The summed E-state index contributed by atoms with van der Waals surface area (Å²) in [6.07, 6.45) is 0.0849. The molecule has 0 heterocycles. The molecule has 2 N–H and O–H groups in total. The Kier molecular flexibility index (Phi) is 8.25. The first kappa shape index (κ1) is 23.2. The van der Waals surface area contributed by atoms with Gasteiger partial charge in [-0.05, 0) is 24.6 Å². The zero-order valence-corrected chi connectivity index (χ0v) is 17.7. The van der Waals surface area contributed by atoms with E-state index in [4.69, 9.17) is 0 Å². The van der Waals surface area contributed by atoms with E-state index in [1.807, 2.05) is 30.3 Å². The maximum atomic E-state index is 12.5. The third kappa shape index (κ3) is 6.78. The van der Waals surface area contributed by atoms with Crippen LogP contribution in [0.2, 0.25) is 0 Å². The van der Waals surface area contributed by atoms with E-state index in [0.29, 0.717) is 12.1 Å². The van der Waals surface area contributed by atoms with E-state index in [1.165, 1.54) is 38.2 Å². The van der Waals surface area contributed by atoms with Crippen molar-refractivity contribution in [3.8, 4) is 0 Å². The number of nitrogens with zero attached hydrogens (tertiary/aromatic N) is 1. The molecule has 8 nitrogen and oxygen atoms in total. The first-order valence-corrected chi connectivity index (χ1v) is 10.8. The van der Waals surface area contributed by atoms with Crippen LogP contribution in [-0.2, 0) is 26.2 Å². The highest BCUT2D eigenvalue weighted by Crippen LogP contribution is 2.15. The monoisotopic (exact) mass is 431 g/mol. The molecular formula is C21H25N3O5S. The molecule has 0 saturated heterocycles. The fraction of sp³-hybridized carbons (Fsp3) is 0.286. The van der Waals surface area contributed by atoms with E-state index in [9.17, 15) is 22.8 Å². The molecule has 0 unspecified atom stereocenters. The molecule has 0 spiro atoms. The number of sulfonamides is 1. The van der Waals surface area contributed by atoms with Crippen LogP contribution in [0, 0.1) is 0 Å². The van der Waals surface area contributed by atoms with Gasteiger partial charge in [0.2, 0.25) is 21.8 Å². The summed E-state index contributed by atoms with van der Waals surface area (Å²) < 4.78 is 26.0. The Bertz CT molecular complexity index is 989. The van der Waals surface area contributed by atoms with E-state index < -0.39 is 15.9 Å². The molecule has 2 aromatic carbocycles. The van der Waals surface area contributed by atoms with Crippen LogP contribution in [0.25, 0.3) is 0 Å². The third-order valence-electron chi connectivity index (χ3n) is 4.34. The first-order valence-electron chi connectivity index (χ1n) is 9.35. The number of nitrogens with one attached hydrogen (secondary N) is 2. The van der Waals surface area contributed by atoms with Gasteiger partial charge in [-0.15, -0.1) is 0 Å². The number of benzene rings is 2. The number of Topliss-reactive ketones (excluding diaryl/α,β-unsaturated/α-hetero) is 1. The molecule has 2 amide bonds. The summed E-state index contributed by atoms with van der Waals surface area (Å²) in [6.45, 7) is 1.50. The zero-order valence-electron chi connectivity index (χ0n) is 16.9. The predicted molar refractivity (Wildman–Crippen MR) is 112 cm³/mol. The Morgan fingerprint density at radius 3 is 2.13 bits per heavy atom. The Labute approximate surface area is 176 Å². The quantitative estimate of drug-likeness (QED) is 0.551. The topological polar surface area (TPSA) is 113 Å². The van der Waals surface area contributed by atoms with Crippen molar-refractivity contribution in [3.05, 3.63) is 65.7 Å². The molecule has 0 fully saturated rings. The maximum Gasteiger partial charge on any atom is 0.243 e. The van der Waals surface area contributed by atoms with Gasteiger partial charge >= 0.3 is 0 Å². The molecule has 9 heteroatoms. The molecule has 2 aromatic rings. The van der Waals surface area contributed by atoms with Crippen molar-refractivity contribution in [2.45, 2.75) is 24.8 Å². The molecule has 0 aliphatic rings. The van der Waals surface area contributed by atoms with Crippen molar-refractivity contribution in [1.82, 2.24) is 14.9 Å². The normalized spacial score (nSPS) is 11.2. The second-order valence-corrected chi connectivity index (χ2v) is 8.75. The highest BCUT2D eigenvalue weighted by molar-refractivity contribution is 7.89. The second kappa shape index (κ2) is 10.7. The summed E-state index contributed by atoms with van der Waals surface area (Å²) in [5, 5.41) is 5.29. The lowest BCUT2D eigenvalue weighted by Crippen LogP contribution is -2.39. The lowest BCUT2D eigenvalue weighted by atomic mass is 10.2. The molecule has 160 valence electrons. The van der Waals surface area contributed by atoms with Crippen molar-refractivity contribution >= 4 is 27.6 Å². The van der Waals surface area contributed by atoms with Gasteiger partial charge in [0.15, 0.2) is 5.78 Å². The third-order valence-corrected chi connectivity index (χ3v) is 6.16. The molecule has 0 atom stereocenters. The van der Waals surface area contributed by atoms with Crippen molar-refractivity contribution in [1.29, 1.82) is 0 Å². The SMILES string of the molecule is CC(=O)c1ccc(S(=O)(=O)N(C)CC(=O)NCCC(=O)NCc2ccccc2)cc1. The Morgan fingerprint density at radius 1 is 0.900 bits per heavy atom. The number of carbonyl (C=O) groups is 3. The van der Waals surface area contributed by atoms with Crippen LogP contribution in [0.3, 0.4) is 0 Å². The van der Waals surface area contributed by atoms with Gasteiger partial charge in [-0.3, -0.25) is 14.4 Å². The van der Waals surface area contributed by atoms with Crippen LogP contribution in [0.15, 0.2) is 59.5 Å². The smallest absolute Gasteiger partial charge is 0.243 e. The van der Waals surface area contributed by atoms with Crippen molar-refractivity contribution in [2.24, 2.45) is 0 Å². The molecule has 0 aliphatic heterocycles. The number of likely N-dealkylation sites (N-methyl/N-ethyl adjacent to an activating group) is 1. The van der Waals surface area contributed by atoms with E-state index in [-0.39, 0.29) is 36.1 Å². The summed E-state index contributed by atoms with van der Waals surface area (Å²) in [4.78, 5) is 35.2. The zero-order chi connectivity index (χ0) is 22.1. The molecule has 0 radical (unpaired) electrons. The highest BCUT2D eigenvalue weighted by Gasteiger charge is 2.23. The Morgan fingerprint density at radius 2 is 1.53 bits per heavy atom. The van der Waals surface area contributed by atoms with Crippen LogP contribution in [0.1, 0.15) is 29.3 Å². The van der Waals surface area contributed by atoms with E-state index in [2.05, 4.69) is 10.6 Å². The molecule has 0 aliphatic carbocycles. The Hall–Kier alpha value is -3.04. The van der Waals surface area contributed by atoms with Gasteiger partial charge in [-0.1, -0.05) is 42.5 Å². The van der Waals surface area contributed by atoms with Gasteiger partial charge in [0.05, 0.1) is 11.4 Å². The number of amides is 2. The van der Waals surface area contributed by atoms with Crippen LogP contribution in [-0.4, -0.2) is 50.5 Å². The summed E-state index contributed by atoms with van der Waals surface area (Å²) >= 11 is 0. The lowest BCUT2D eigenvalue weighted by Gasteiger charge is -2.17. The fourth-order valence-electron chi connectivity index (χ4n) is 2.59. The van der Waals surface area contributed by atoms with Gasteiger partial charge < -0.3 is 10.6 Å². The highest BCUT2D eigenvalue weighted by atomic mass is 32.2. The number of rotatable bonds is 10. The summed E-state index contributed by atoms with van der Waals surface area (Å²) in [5.41, 5.74) is 1.37. The first-order chi connectivity index (χ1) is 14.2. The summed E-state index contributed by atoms with van der Waals surface area (Å²) in [5.74, 6) is -0.900. The molecule has 0 saturated carbocycles. The predicted octanol–water partition coefficient (Wildman–Crippen LogP) is 1.33. The van der Waals surface area contributed by atoms with Gasteiger partial charge in [0.25, 0.3) is 0 Å². The minimum Gasteiger partial charge on any atom is -0.354 e. The lowest BCUT2D eigenvalue weighted by molar-refractivity contribution is -0.122. The summed E-state index contributed by atoms with van der Waals surface area (Å²) in [6, 6.07) is 15.0. The van der Waals surface area contributed by atoms with Crippen LogP contribution in [0.4, 0.5) is 0 Å². The minimum atomic E-state index is -3.88. The van der Waals surface area contributed by atoms with Crippen LogP contribution >= 0.6 is 0 Å². The number of carbonyl (C=O) groups excluding carboxylic acids is 3. The maximum absolute atomic E-state index is 12.5. The minimum absolute atomic E-state index is 0.0110. The fourth-order valence-corrected chi connectivity index (χ4v) is 3.71. The molecular weight excluding hydrogens is 406 g/mol. The van der Waals surface area contributed by atoms with Crippen molar-refractivity contribution in [2.75, 3.05) is 20.1 Å². The number of ketones is 1. The second-order valence-electron chi connectivity index (χ2n) is 6.70. The Balaban J connectivity index is 1.77. The molecule has 2 rings (SSSR count). The standard InChI is InChI=1S/C21H25N3O5S/c1-16(25)18-8-10-19(11-9-18)30(28,29)24(2)15-21(27)22-13-12-20(26)23-14-17-6-4-3-5-7-17/h3-11H,12-15H2,1-2H3,(H,22,27)(H,23,26).